The molecule has 0 N–H and O–H groups in total. The number of hydrogen-bond donors (Lipinski definition) is 0. The zero-order chi connectivity index (χ0) is 15.4. The van der Waals surface area contributed by atoms with Gasteiger partial charge in [-0.05, 0) is 74.2 Å². The second-order valence-corrected chi connectivity index (χ2v) is 7.07. The Morgan fingerprint density at radius 2 is 1.52 bits per heavy atom. The van der Waals surface area contributed by atoms with Crippen molar-refractivity contribution in [3.8, 4) is 0 Å². The maximum Gasteiger partial charge on any atom is 0.0368 e. The zero-order valence-electron chi connectivity index (χ0n) is 12.8. The Kier molecular flexibility index (Phi) is 5.88. The minimum atomic E-state index is 0.961. The van der Waals surface area contributed by atoms with Crippen molar-refractivity contribution in [1.82, 2.24) is 0 Å². The SMILES string of the molecule is CCN(CC)c1ccc(Cc2cc(Br)cc(Br)c2)c(C)c1. The van der Waals surface area contributed by atoms with Crippen LogP contribution in [-0.2, 0) is 6.42 Å². The molecule has 0 radical (unpaired) electrons. The summed E-state index contributed by atoms with van der Waals surface area (Å²) in [4.78, 5) is 2.38. The molecule has 0 heterocycles. The van der Waals surface area contributed by atoms with Crippen LogP contribution < -0.4 is 4.90 Å². The van der Waals surface area contributed by atoms with Crippen LogP contribution in [-0.4, -0.2) is 13.1 Å². The van der Waals surface area contributed by atoms with Gasteiger partial charge in [-0.25, -0.2) is 0 Å². The van der Waals surface area contributed by atoms with Gasteiger partial charge in [-0.1, -0.05) is 37.9 Å². The van der Waals surface area contributed by atoms with E-state index < -0.39 is 0 Å². The molecule has 0 aliphatic carbocycles. The molecule has 0 atom stereocenters. The van der Waals surface area contributed by atoms with Crippen LogP contribution in [0.1, 0.15) is 30.5 Å². The van der Waals surface area contributed by atoms with Crippen LogP contribution >= 0.6 is 31.9 Å². The Balaban J connectivity index is 2.25. The lowest BCUT2D eigenvalue weighted by atomic mass is 10.00. The molecule has 0 aliphatic rings. The lowest BCUT2D eigenvalue weighted by molar-refractivity contribution is 0.864. The molecule has 2 aromatic rings. The van der Waals surface area contributed by atoms with E-state index >= 15 is 0 Å². The molecule has 2 aromatic carbocycles. The molecule has 0 unspecified atom stereocenters. The van der Waals surface area contributed by atoms with E-state index in [1.807, 2.05) is 0 Å². The van der Waals surface area contributed by atoms with Gasteiger partial charge < -0.3 is 4.90 Å². The summed E-state index contributed by atoms with van der Waals surface area (Å²) in [6, 6.07) is 13.2. The van der Waals surface area contributed by atoms with Gasteiger partial charge in [0.2, 0.25) is 0 Å². The van der Waals surface area contributed by atoms with Crippen molar-refractivity contribution >= 4 is 37.5 Å². The van der Waals surface area contributed by atoms with Gasteiger partial charge in [-0.2, -0.15) is 0 Å². The molecule has 0 amide bonds. The summed E-state index contributed by atoms with van der Waals surface area (Å²) in [5, 5.41) is 0. The summed E-state index contributed by atoms with van der Waals surface area (Å²) in [7, 11) is 0. The van der Waals surface area contributed by atoms with E-state index in [0.29, 0.717) is 0 Å². The van der Waals surface area contributed by atoms with Crippen molar-refractivity contribution in [2.45, 2.75) is 27.2 Å². The normalized spacial score (nSPS) is 10.7. The van der Waals surface area contributed by atoms with Crippen molar-refractivity contribution in [2.24, 2.45) is 0 Å². The summed E-state index contributed by atoms with van der Waals surface area (Å²) in [5.41, 5.74) is 5.37. The predicted molar refractivity (Wildman–Crippen MR) is 99.4 cm³/mol. The highest BCUT2D eigenvalue weighted by atomic mass is 79.9. The first-order valence-corrected chi connectivity index (χ1v) is 8.91. The molecular formula is C18H21Br2N. The van der Waals surface area contributed by atoms with E-state index in [1.165, 1.54) is 22.4 Å². The van der Waals surface area contributed by atoms with E-state index in [2.05, 4.69) is 93.9 Å². The smallest absolute Gasteiger partial charge is 0.0368 e. The average Bonchev–Trinajstić information content (AvgIpc) is 2.42. The molecule has 3 heteroatoms. The Morgan fingerprint density at radius 3 is 2.05 bits per heavy atom. The standard InChI is InChI=1S/C18H21Br2N/c1-4-21(5-2)18-7-6-15(13(3)8-18)9-14-10-16(19)12-17(20)11-14/h6-8,10-12H,4-5,9H2,1-3H3. The fourth-order valence-corrected chi connectivity index (χ4v) is 3.99. The molecule has 0 aliphatic heterocycles. The predicted octanol–water partition coefficient (Wildman–Crippen LogP) is 5.96. The number of nitrogens with zero attached hydrogens (tertiary/aromatic N) is 1. The molecular weight excluding hydrogens is 390 g/mol. The highest BCUT2D eigenvalue weighted by Gasteiger charge is 2.06. The van der Waals surface area contributed by atoms with Crippen LogP contribution in [0.15, 0.2) is 45.3 Å². The first-order chi connectivity index (χ1) is 10.0. The number of hydrogen-bond acceptors (Lipinski definition) is 1. The summed E-state index contributed by atoms with van der Waals surface area (Å²) < 4.78 is 2.23. The highest BCUT2D eigenvalue weighted by Crippen LogP contribution is 2.25. The maximum absolute atomic E-state index is 3.56. The molecule has 0 bridgehead atoms. The van der Waals surface area contributed by atoms with Crippen LogP contribution in [0, 0.1) is 6.92 Å². The first kappa shape index (κ1) is 16.6. The lowest BCUT2D eigenvalue weighted by Crippen LogP contribution is -2.21. The van der Waals surface area contributed by atoms with E-state index in [4.69, 9.17) is 0 Å². The summed E-state index contributed by atoms with van der Waals surface area (Å²) in [6.07, 6.45) is 0.961. The molecule has 0 saturated heterocycles. The van der Waals surface area contributed by atoms with Gasteiger partial charge in [0.05, 0.1) is 0 Å². The third kappa shape index (κ3) is 4.33. The Hall–Kier alpha value is -0.800. The number of anilines is 1. The minimum absolute atomic E-state index is 0.961. The summed E-state index contributed by atoms with van der Waals surface area (Å²) >= 11 is 7.12. The minimum Gasteiger partial charge on any atom is -0.372 e. The summed E-state index contributed by atoms with van der Waals surface area (Å²) in [5.74, 6) is 0. The Morgan fingerprint density at radius 1 is 0.905 bits per heavy atom. The van der Waals surface area contributed by atoms with Gasteiger partial charge in [-0.3, -0.25) is 0 Å². The molecule has 1 nitrogen and oxygen atoms in total. The highest BCUT2D eigenvalue weighted by molar-refractivity contribution is 9.11. The monoisotopic (exact) mass is 409 g/mol. The molecule has 0 saturated carbocycles. The molecule has 0 spiro atoms. The first-order valence-electron chi connectivity index (χ1n) is 7.33. The number of aryl methyl sites for hydroxylation is 1. The van der Waals surface area contributed by atoms with Gasteiger partial charge in [0.25, 0.3) is 0 Å². The van der Waals surface area contributed by atoms with E-state index in [0.717, 1.165) is 28.5 Å². The van der Waals surface area contributed by atoms with Gasteiger partial charge in [0, 0.05) is 27.7 Å². The van der Waals surface area contributed by atoms with Gasteiger partial charge in [-0.15, -0.1) is 0 Å². The number of rotatable bonds is 5. The van der Waals surface area contributed by atoms with Crippen LogP contribution in [0.25, 0.3) is 0 Å². The molecule has 112 valence electrons. The second kappa shape index (κ2) is 7.46. The fraction of sp³-hybridized carbons (Fsp3) is 0.333. The Labute approximate surface area is 144 Å². The lowest BCUT2D eigenvalue weighted by Gasteiger charge is -2.22. The summed E-state index contributed by atoms with van der Waals surface area (Å²) in [6.45, 7) is 8.70. The molecule has 2 rings (SSSR count). The average molecular weight is 411 g/mol. The van der Waals surface area contributed by atoms with Crippen molar-refractivity contribution in [3.63, 3.8) is 0 Å². The topological polar surface area (TPSA) is 3.24 Å². The second-order valence-electron chi connectivity index (χ2n) is 5.24. The maximum atomic E-state index is 3.56. The van der Waals surface area contributed by atoms with Crippen LogP contribution in [0.2, 0.25) is 0 Å². The van der Waals surface area contributed by atoms with Crippen molar-refractivity contribution in [3.05, 3.63) is 62.0 Å². The van der Waals surface area contributed by atoms with Crippen molar-refractivity contribution in [1.29, 1.82) is 0 Å². The Bertz CT molecular complexity index is 598. The third-order valence-corrected chi connectivity index (χ3v) is 4.69. The van der Waals surface area contributed by atoms with Crippen molar-refractivity contribution in [2.75, 3.05) is 18.0 Å². The van der Waals surface area contributed by atoms with E-state index in [9.17, 15) is 0 Å². The van der Waals surface area contributed by atoms with E-state index in [-0.39, 0.29) is 0 Å². The van der Waals surface area contributed by atoms with Crippen LogP contribution in [0.4, 0.5) is 5.69 Å². The fourth-order valence-electron chi connectivity index (χ4n) is 2.60. The molecule has 0 fully saturated rings. The largest absolute Gasteiger partial charge is 0.372 e. The third-order valence-electron chi connectivity index (χ3n) is 3.77. The van der Waals surface area contributed by atoms with E-state index in [1.54, 1.807) is 0 Å². The van der Waals surface area contributed by atoms with Gasteiger partial charge in [0.1, 0.15) is 0 Å². The molecule has 21 heavy (non-hydrogen) atoms. The van der Waals surface area contributed by atoms with Gasteiger partial charge >= 0.3 is 0 Å². The van der Waals surface area contributed by atoms with Crippen molar-refractivity contribution < 1.29 is 0 Å². The number of halogens is 2. The zero-order valence-corrected chi connectivity index (χ0v) is 16.0. The van der Waals surface area contributed by atoms with Crippen LogP contribution in [0.3, 0.4) is 0 Å². The molecule has 0 aromatic heterocycles. The van der Waals surface area contributed by atoms with Gasteiger partial charge in [0.15, 0.2) is 0 Å². The van der Waals surface area contributed by atoms with Crippen LogP contribution in [0.5, 0.6) is 0 Å². The quantitative estimate of drug-likeness (QED) is 0.587. The number of benzene rings is 2.